The fourth-order valence-corrected chi connectivity index (χ4v) is 5.58. The third-order valence-electron chi connectivity index (χ3n) is 6.71. The Morgan fingerprint density at radius 1 is 0.970 bits per heavy atom. The summed E-state index contributed by atoms with van der Waals surface area (Å²) in [6, 6.07) is 14.4. The second-order valence-electron chi connectivity index (χ2n) is 9.30. The molecule has 1 N–H and O–H groups in total. The van der Waals surface area contributed by atoms with Crippen molar-refractivity contribution in [3.8, 4) is 0 Å². The molecular weight excluding hydrogens is 457 g/mol. The van der Waals surface area contributed by atoms with Crippen LogP contribution in [0.4, 0.5) is 5.69 Å². The molecule has 2 fully saturated rings. The second kappa shape index (κ2) is 10.9. The van der Waals surface area contributed by atoms with E-state index in [2.05, 4.69) is 22.0 Å². The molecule has 33 heavy (non-hydrogen) atoms. The standard InChI is InChI=1S/C26H31Cl2N3O2/c1-18-6-5-11-31(17-18)26(33)20-9-12-30(13-10-20)24(19-7-3-2-4-8-19)25(32)29-23-15-21(27)14-22(28)16-23/h2-4,7-8,14-16,18,20,24H,5-6,9-13,17H2,1H3,(H,29,32). The number of likely N-dealkylation sites (tertiary alicyclic amines) is 2. The molecule has 0 aromatic heterocycles. The number of hydrogen-bond donors (Lipinski definition) is 1. The van der Waals surface area contributed by atoms with Crippen molar-refractivity contribution >= 4 is 40.7 Å². The van der Waals surface area contributed by atoms with Gasteiger partial charge in [-0.3, -0.25) is 14.5 Å². The molecule has 0 spiro atoms. The fourth-order valence-electron chi connectivity index (χ4n) is 5.05. The maximum atomic E-state index is 13.4. The fraction of sp³-hybridized carbons (Fsp3) is 0.462. The molecule has 0 saturated carbocycles. The minimum Gasteiger partial charge on any atom is -0.342 e. The lowest BCUT2D eigenvalue weighted by Crippen LogP contribution is -2.47. The van der Waals surface area contributed by atoms with Crippen LogP contribution in [0.15, 0.2) is 48.5 Å². The van der Waals surface area contributed by atoms with Gasteiger partial charge in [0.05, 0.1) is 0 Å². The predicted molar refractivity (Wildman–Crippen MR) is 134 cm³/mol. The molecule has 0 radical (unpaired) electrons. The molecular formula is C26H31Cl2N3O2. The largest absolute Gasteiger partial charge is 0.342 e. The van der Waals surface area contributed by atoms with E-state index in [0.717, 1.165) is 37.9 Å². The summed E-state index contributed by atoms with van der Waals surface area (Å²) < 4.78 is 0. The van der Waals surface area contributed by atoms with Crippen molar-refractivity contribution in [1.29, 1.82) is 0 Å². The Kier molecular flexibility index (Phi) is 7.94. The van der Waals surface area contributed by atoms with E-state index >= 15 is 0 Å². The lowest BCUT2D eigenvalue weighted by Gasteiger charge is -2.39. The van der Waals surface area contributed by atoms with Gasteiger partial charge in [0.2, 0.25) is 11.8 Å². The van der Waals surface area contributed by atoms with Gasteiger partial charge >= 0.3 is 0 Å². The van der Waals surface area contributed by atoms with Crippen LogP contribution in [0.25, 0.3) is 0 Å². The number of benzene rings is 2. The molecule has 2 heterocycles. The Labute approximate surface area is 206 Å². The maximum Gasteiger partial charge on any atom is 0.246 e. The summed E-state index contributed by atoms with van der Waals surface area (Å²) in [6.45, 7) is 5.36. The number of rotatable bonds is 5. The molecule has 2 aromatic carbocycles. The first-order valence-electron chi connectivity index (χ1n) is 11.8. The lowest BCUT2D eigenvalue weighted by molar-refractivity contribution is -0.139. The van der Waals surface area contributed by atoms with Crippen molar-refractivity contribution < 1.29 is 9.59 Å². The zero-order valence-corrected chi connectivity index (χ0v) is 20.5. The van der Waals surface area contributed by atoms with Crippen LogP contribution < -0.4 is 5.32 Å². The van der Waals surface area contributed by atoms with Crippen molar-refractivity contribution in [2.24, 2.45) is 11.8 Å². The molecule has 7 heteroatoms. The quantitative estimate of drug-likeness (QED) is 0.593. The van der Waals surface area contributed by atoms with E-state index in [1.54, 1.807) is 18.2 Å². The molecule has 2 aliphatic heterocycles. The van der Waals surface area contributed by atoms with Crippen LogP contribution in [-0.2, 0) is 9.59 Å². The van der Waals surface area contributed by atoms with Crippen LogP contribution >= 0.6 is 23.2 Å². The summed E-state index contributed by atoms with van der Waals surface area (Å²) in [5, 5.41) is 3.93. The average Bonchev–Trinajstić information content (AvgIpc) is 2.79. The van der Waals surface area contributed by atoms with E-state index in [1.807, 2.05) is 30.3 Å². The first kappa shape index (κ1) is 24.1. The normalized spacial score (nSPS) is 20.9. The first-order chi connectivity index (χ1) is 15.9. The van der Waals surface area contributed by atoms with Gasteiger partial charge in [-0.2, -0.15) is 0 Å². The van der Waals surface area contributed by atoms with Crippen LogP contribution in [0.1, 0.15) is 44.2 Å². The SMILES string of the molecule is CC1CCCN(C(=O)C2CCN(C(C(=O)Nc3cc(Cl)cc(Cl)c3)c3ccccc3)CC2)C1. The number of halogens is 2. The molecule has 2 aromatic rings. The van der Waals surface area contributed by atoms with Gasteiger partial charge in [-0.1, -0.05) is 60.5 Å². The Bertz CT molecular complexity index is 957. The third kappa shape index (κ3) is 6.08. The van der Waals surface area contributed by atoms with Crippen LogP contribution in [0.2, 0.25) is 10.0 Å². The van der Waals surface area contributed by atoms with Crippen LogP contribution in [0.5, 0.6) is 0 Å². The number of hydrogen-bond acceptors (Lipinski definition) is 3. The van der Waals surface area contributed by atoms with Crippen molar-refractivity contribution in [1.82, 2.24) is 9.80 Å². The van der Waals surface area contributed by atoms with Gasteiger partial charge in [0, 0.05) is 34.7 Å². The van der Waals surface area contributed by atoms with Gasteiger partial charge in [-0.05, 0) is 68.5 Å². The first-order valence-corrected chi connectivity index (χ1v) is 12.5. The van der Waals surface area contributed by atoms with Crippen LogP contribution in [0, 0.1) is 11.8 Å². The molecule has 2 unspecified atom stereocenters. The lowest BCUT2D eigenvalue weighted by atomic mass is 9.91. The van der Waals surface area contributed by atoms with Crippen molar-refractivity contribution in [2.75, 3.05) is 31.5 Å². The average molecular weight is 488 g/mol. The maximum absolute atomic E-state index is 13.4. The highest BCUT2D eigenvalue weighted by Gasteiger charge is 2.35. The predicted octanol–water partition coefficient (Wildman–Crippen LogP) is 5.64. The van der Waals surface area contributed by atoms with Gasteiger partial charge in [-0.15, -0.1) is 0 Å². The van der Waals surface area contributed by atoms with E-state index < -0.39 is 6.04 Å². The Morgan fingerprint density at radius 2 is 1.64 bits per heavy atom. The monoisotopic (exact) mass is 487 g/mol. The summed E-state index contributed by atoms with van der Waals surface area (Å²) >= 11 is 12.2. The van der Waals surface area contributed by atoms with E-state index in [9.17, 15) is 9.59 Å². The van der Waals surface area contributed by atoms with E-state index in [0.29, 0.717) is 34.7 Å². The Hall–Kier alpha value is -2.08. The topological polar surface area (TPSA) is 52.7 Å². The van der Waals surface area contributed by atoms with Gasteiger partial charge in [0.15, 0.2) is 0 Å². The number of nitrogens with zero attached hydrogens (tertiary/aromatic N) is 2. The van der Waals surface area contributed by atoms with Crippen LogP contribution in [0.3, 0.4) is 0 Å². The number of carbonyl (C=O) groups is 2. The van der Waals surface area contributed by atoms with Crippen molar-refractivity contribution in [3.63, 3.8) is 0 Å². The van der Waals surface area contributed by atoms with Gasteiger partial charge < -0.3 is 10.2 Å². The molecule has 5 nitrogen and oxygen atoms in total. The summed E-state index contributed by atoms with van der Waals surface area (Å²) in [5.41, 5.74) is 1.50. The molecule has 2 aliphatic rings. The second-order valence-corrected chi connectivity index (χ2v) is 10.2. The van der Waals surface area contributed by atoms with E-state index in [4.69, 9.17) is 23.2 Å². The molecule has 2 amide bonds. The molecule has 4 rings (SSSR count). The molecule has 2 atom stereocenters. The highest BCUT2D eigenvalue weighted by Crippen LogP contribution is 2.31. The molecule has 0 bridgehead atoms. The molecule has 176 valence electrons. The molecule has 0 aliphatic carbocycles. The van der Waals surface area contributed by atoms with Crippen LogP contribution in [-0.4, -0.2) is 47.8 Å². The highest BCUT2D eigenvalue weighted by atomic mass is 35.5. The van der Waals surface area contributed by atoms with Crippen molar-refractivity contribution in [3.05, 3.63) is 64.1 Å². The zero-order valence-electron chi connectivity index (χ0n) is 19.0. The number of piperidine rings is 2. The van der Waals surface area contributed by atoms with Gasteiger partial charge in [0.1, 0.15) is 6.04 Å². The Balaban J connectivity index is 1.46. The summed E-state index contributed by atoms with van der Waals surface area (Å²) in [6.07, 6.45) is 3.83. The molecule has 2 saturated heterocycles. The Morgan fingerprint density at radius 3 is 2.27 bits per heavy atom. The minimum atomic E-state index is -0.449. The van der Waals surface area contributed by atoms with E-state index in [1.165, 1.54) is 6.42 Å². The number of anilines is 1. The summed E-state index contributed by atoms with van der Waals surface area (Å²) in [4.78, 5) is 30.7. The smallest absolute Gasteiger partial charge is 0.246 e. The number of carbonyl (C=O) groups excluding carboxylic acids is 2. The minimum absolute atomic E-state index is 0.0396. The van der Waals surface area contributed by atoms with E-state index in [-0.39, 0.29) is 17.7 Å². The van der Waals surface area contributed by atoms with Crippen molar-refractivity contribution in [2.45, 2.75) is 38.6 Å². The number of nitrogens with one attached hydrogen (secondary N) is 1. The summed E-state index contributed by atoms with van der Waals surface area (Å²) in [7, 11) is 0. The van der Waals surface area contributed by atoms with Gasteiger partial charge in [-0.25, -0.2) is 0 Å². The zero-order chi connectivity index (χ0) is 23.4. The summed E-state index contributed by atoms with van der Waals surface area (Å²) in [5.74, 6) is 0.774. The third-order valence-corrected chi connectivity index (χ3v) is 7.14. The highest BCUT2D eigenvalue weighted by molar-refractivity contribution is 6.35. The van der Waals surface area contributed by atoms with Gasteiger partial charge in [0.25, 0.3) is 0 Å². The number of amides is 2.